The smallest absolute Gasteiger partial charge is 0.263 e. The summed E-state index contributed by atoms with van der Waals surface area (Å²) in [6, 6.07) is 14.6. The molecule has 164 valence electrons. The molecule has 0 spiro atoms. The maximum absolute atomic E-state index is 13.3. The van der Waals surface area contributed by atoms with Crippen LogP contribution in [0.3, 0.4) is 0 Å². The lowest BCUT2D eigenvalue weighted by Crippen LogP contribution is -2.27. The molecule has 4 rings (SSSR count). The Morgan fingerprint density at radius 2 is 1.78 bits per heavy atom. The minimum absolute atomic E-state index is 0.134. The van der Waals surface area contributed by atoms with E-state index in [9.17, 15) is 9.59 Å². The predicted octanol–water partition coefficient (Wildman–Crippen LogP) is 4.48. The number of benzene rings is 2. The number of carbonyl (C=O) groups is 1. The molecule has 32 heavy (non-hydrogen) atoms. The second kappa shape index (κ2) is 9.23. The van der Waals surface area contributed by atoms with Crippen LogP contribution in [0.1, 0.15) is 11.8 Å². The first-order valence-corrected chi connectivity index (χ1v) is 11.0. The number of anilines is 1. The maximum atomic E-state index is 13.3. The van der Waals surface area contributed by atoms with Crippen LogP contribution in [-0.2, 0) is 11.3 Å². The van der Waals surface area contributed by atoms with Gasteiger partial charge in [-0.25, -0.2) is 4.98 Å². The van der Waals surface area contributed by atoms with Crippen LogP contribution >= 0.6 is 11.3 Å². The van der Waals surface area contributed by atoms with E-state index in [0.29, 0.717) is 28.3 Å². The summed E-state index contributed by atoms with van der Waals surface area (Å²) >= 11 is 1.47. The van der Waals surface area contributed by atoms with Crippen LogP contribution < -0.4 is 20.3 Å². The van der Waals surface area contributed by atoms with E-state index in [-0.39, 0.29) is 18.0 Å². The van der Waals surface area contributed by atoms with Crippen molar-refractivity contribution < 1.29 is 14.3 Å². The quantitative estimate of drug-likeness (QED) is 0.450. The molecular formula is C24H23N3O4S. The van der Waals surface area contributed by atoms with E-state index in [0.717, 1.165) is 21.8 Å². The van der Waals surface area contributed by atoms with Crippen LogP contribution in [0.4, 0.5) is 5.69 Å². The molecule has 1 amide bonds. The molecule has 0 aliphatic heterocycles. The van der Waals surface area contributed by atoms with Crippen molar-refractivity contribution in [3.05, 3.63) is 70.1 Å². The molecule has 7 nitrogen and oxygen atoms in total. The SMILES string of the molecule is CCOc1ccc(-c2c(C)sc3ncn(CC(=O)Nc4ccc(OC)cc4)c(=O)c23)cc1. The summed E-state index contributed by atoms with van der Waals surface area (Å²) in [6.07, 6.45) is 1.43. The third kappa shape index (κ3) is 4.36. The van der Waals surface area contributed by atoms with Crippen LogP contribution in [-0.4, -0.2) is 29.2 Å². The maximum Gasteiger partial charge on any atom is 0.263 e. The van der Waals surface area contributed by atoms with E-state index < -0.39 is 0 Å². The van der Waals surface area contributed by atoms with Crippen molar-refractivity contribution in [2.24, 2.45) is 0 Å². The number of fused-ring (bicyclic) bond motifs is 1. The molecule has 0 unspecified atom stereocenters. The third-order valence-electron chi connectivity index (χ3n) is 5.00. The summed E-state index contributed by atoms with van der Waals surface area (Å²) in [5.74, 6) is 1.16. The first-order chi connectivity index (χ1) is 15.5. The molecule has 2 heterocycles. The highest BCUT2D eigenvalue weighted by Gasteiger charge is 2.18. The van der Waals surface area contributed by atoms with E-state index >= 15 is 0 Å². The van der Waals surface area contributed by atoms with Gasteiger partial charge in [0, 0.05) is 16.1 Å². The Morgan fingerprint density at radius 1 is 1.09 bits per heavy atom. The molecule has 0 atom stereocenters. The van der Waals surface area contributed by atoms with Crippen LogP contribution in [0, 0.1) is 6.92 Å². The van der Waals surface area contributed by atoms with E-state index in [1.807, 2.05) is 38.1 Å². The highest BCUT2D eigenvalue weighted by molar-refractivity contribution is 7.19. The van der Waals surface area contributed by atoms with Crippen LogP contribution in [0.2, 0.25) is 0 Å². The van der Waals surface area contributed by atoms with Gasteiger partial charge in [0.05, 0.1) is 25.4 Å². The van der Waals surface area contributed by atoms with Crippen molar-refractivity contribution in [1.82, 2.24) is 9.55 Å². The number of thiophene rings is 1. The zero-order chi connectivity index (χ0) is 22.7. The van der Waals surface area contributed by atoms with Gasteiger partial charge in [0.15, 0.2) is 0 Å². The molecule has 4 aromatic rings. The number of amides is 1. The lowest BCUT2D eigenvalue weighted by molar-refractivity contribution is -0.116. The van der Waals surface area contributed by atoms with Crippen molar-refractivity contribution in [3.8, 4) is 22.6 Å². The van der Waals surface area contributed by atoms with Gasteiger partial charge in [-0.3, -0.25) is 14.2 Å². The summed E-state index contributed by atoms with van der Waals surface area (Å²) in [5, 5.41) is 3.32. The molecule has 1 N–H and O–H groups in total. The van der Waals surface area contributed by atoms with Crippen LogP contribution in [0.5, 0.6) is 11.5 Å². The largest absolute Gasteiger partial charge is 0.497 e. The molecule has 0 fully saturated rings. The van der Waals surface area contributed by atoms with Gasteiger partial charge in [-0.15, -0.1) is 11.3 Å². The molecule has 8 heteroatoms. The lowest BCUT2D eigenvalue weighted by atomic mass is 10.0. The Kier molecular flexibility index (Phi) is 6.23. The van der Waals surface area contributed by atoms with Gasteiger partial charge in [-0.2, -0.15) is 0 Å². The first kappa shape index (κ1) is 21.6. The number of rotatable bonds is 7. The van der Waals surface area contributed by atoms with Gasteiger partial charge in [-0.05, 0) is 55.8 Å². The summed E-state index contributed by atoms with van der Waals surface area (Å²) in [7, 11) is 1.58. The fourth-order valence-corrected chi connectivity index (χ4v) is 4.52. The van der Waals surface area contributed by atoms with Crippen molar-refractivity contribution in [3.63, 3.8) is 0 Å². The molecule has 0 aliphatic rings. The monoisotopic (exact) mass is 449 g/mol. The van der Waals surface area contributed by atoms with Crippen LogP contribution in [0.15, 0.2) is 59.7 Å². The molecule has 0 radical (unpaired) electrons. The summed E-state index contributed by atoms with van der Waals surface area (Å²) in [6.45, 7) is 4.36. The van der Waals surface area contributed by atoms with Gasteiger partial charge < -0.3 is 14.8 Å². The molecule has 0 saturated carbocycles. The van der Waals surface area contributed by atoms with Crippen LogP contribution in [0.25, 0.3) is 21.3 Å². The average molecular weight is 450 g/mol. The lowest BCUT2D eigenvalue weighted by Gasteiger charge is -2.09. The average Bonchev–Trinajstić information content (AvgIpc) is 3.14. The molecule has 2 aromatic carbocycles. The molecule has 0 bridgehead atoms. The molecule has 2 aromatic heterocycles. The van der Waals surface area contributed by atoms with E-state index in [1.54, 1.807) is 31.4 Å². The summed E-state index contributed by atoms with van der Waals surface area (Å²) in [4.78, 5) is 31.9. The predicted molar refractivity (Wildman–Crippen MR) is 127 cm³/mol. The number of nitrogens with zero attached hydrogens (tertiary/aromatic N) is 2. The van der Waals surface area contributed by atoms with Crippen molar-refractivity contribution in [2.75, 3.05) is 19.0 Å². The topological polar surface area (TPSA) is 82.5 Å². The fourth-order valence-electron chi connectivity index (χ4n) is 3.51. The Morgan fingerprint density at radius 3 is 2.44 bits per heavy atom. The Balaban J connectivity index is 1.63. The van der Waals surface area contributed by atoms with Gasteiger partial charge in [0.1, 0.15) is 22.9 Å². The second-order valence-electron chi connectivity index (χ2n) is 7.13. The number of methoxy groups -OCH3 is 1. The number of carbonyl (C=O) groups excluding carboxylic acids is 1. The highest BCUT2D eigenvalue weighted by atomic mass is 32.1. The third-order valence-corrected chi connectivity index (χ3v) is 6.01. The minimum atomic E-state index is -0.312. The van der Waals surface area contributed by atoms with E-state index in [2.05, 4.69) is 10.3 Å². The van der Waals surface area contributed by atoms with Crippen molar-refractivity contribution >= 4 is 33.1 Å². The normalized spacial score (nSPS) is 10.8. The number of hydrogen-bond donors (Lipinski definition) is 1. The Labute approximate surface area is 189 Å². The number of aryl methyl sites for hydroxylation is 1. The Bertz CT molecular complexity index is 1310. The standard InChI is InChI=1S/C24H23N3O4S/c1-4-31-19-9-5-16(6-10-19)21-15(2)32-23-22(21)24(29)27(14-25-23)13-20(28)26-17-7-11-18(30-3)12-8-17/h5-12,14H,4,13H2,1-3H3,(H,26,28). The zero-order valence-corrected chi connectivity index (χ0v) is 18.9. The van der Waals surface area contributed by atoms with Gasteiger partial charge in [0.2, 0.25) is 5.91 Å². The van der Waals surface area contributed by atoms with Gasteiger partial charge in [0.25, 0.3) is 5.56 Å². The second-order valence-corrected chi connectivity index (χ2v) is 8.33. The van der Waals surface area contributed by atoms with Gasteiger partial charge in [-0.1, -0.05) is 12.1 Å². The van der Waals surface area contributed by atoms with Crippen molar-refractivity contribution in [1.29, 1.82) is 0 Å². The first-order valence-electron chi connectivity index (χ1n) is 10.2. The number of nitrogens with one attached hydrogen (secondary N) is 1. The zero-order valence-electron chi connectivity index (χ0n) is 18.0. The van der Waals surface area contributed by atoms with Gasteiger partial charge >= 0.3 is 0 Å². The number of aromatic nitrogens is 2. The van der Waals surface area contributed by atoms with E-state index in [4.69, 9.17) is 9.47 Å². The summed E-state index contributed by atoms with van der Waals surface area (Å²) < 4.78 is 12.0. The van der Waals surface area contributed by atoms with Crippen molar-refractivity contribution in [2.45, 2.75) is 20.4 Å². The molecular weight excluding hydrogens is 426 g/mol. The fraction of sp³-hybridized carbons (Fsp3) is 0.208. The summed E-state index contributed by atoms with van der Waals surface area (Å²) in [5.41, 5.74) is 2.14. The number of ether oxygens (including phenoxy) is 2. The van der Waals surface area contributed by atoms with E-state index in [1.165, 1.54) is 22.2 Å². The molecule has 0 saturated heterocycles. The Hall–Kier alpha value is -3.65. The number of hydrogen-bond acceptors (Lipinski definition) is 6. The highest BCUT2D eigenvalue weighted by Crippen LogP contribution is 2.36. The molecule has 0 aliphatic carbocycles. The minimum Gasteiger partial charge on any atom is -0.497 e.